The predicted molar refractivity (Wildman–Crippen MR) is 54.5 cm³/mol. The van der Waals surface area contributed by atoms with E-state index in [1.54, 1.807) is 24.3 Å². The second-order valence-corrected chi connectivity index (χ2v) is 3.37. The molecule has 1 atom stereocenters. The van der Waals surface area contributed by atoms with Crippen LogP contribution in [0, 0.1) is 0 Å². The summed E-state index contributed by atoms with van der Waals surface area (Å²) < 4.78 is 14.9. The third-order valence-corrected chi connectivity index (χ3v) is 2.26. The van der Waals surface area contributed by atoms with E-state index in [1.807, 2.05) is 6.92 Å². The molecule has 15 heavy (non-hydrogen) atoms. The molecule has 1 N–H and O–H groups in total. The Kier molecular flexibility index (Phi) is 7.90. The summed E-state index contributed by atoms with van der Waals surface area (Å²) in [5, 5.41) is 9.64. The van der Waals surface area contributed by atoms with Gasteiger partial charge >= 0.3 is 8.69 Å². The number of aliphatic hydroxyl groups excluding tert-OH is 1. The molecule has 3 nitrogen and oxygen atoms in total. The number of benzene rings is 1. The van der Waals surface area contributed by atoms with Crippen LogP contribution in [0.25, 0.3) is 0 Å². The summed E-state index contributed by atoms with van der Waals surface area (Å²) in [6.45, 7) is 2.02. The van der Waals surface area contributed by atoms with Crippen LogP contribution in [0.5, 0.6) is 5.75 Å². The van der Waals surface area contributed by atoms with Crippen molar-refractivity contribution in [2.24, 2.45) is 0 Å². The van der Waals surface area contributed by atoms with Crippen LogP contribution < -0.4 is 4.52 Å². The van der Waals surface area contributed by atoms with Crippen molar-refractivity contribution in [1.29, 1.82) is 0 Å². The number of hydrogen-bond acceptors (Lipinski definition) is 3. The molecule has 0 heterocycles. The van der Waals surface area contributed by atoms with Crippen LogP contribution in [-0.2, 0) is 26.3 Å². The van der Waals surface area contributed by atoms with Crippen LogP contribution in [0.1, 0.15) is 31.4 Å². The SMILES string of the molecule is CCCC(O)c1ccc(OP=O)cc1.[Ti]. The predicted octanol–water partition coefficient (Wildman–Crippen LogP) is 3.10. The molecule has 1 rings (SSSR count). The topological polar surface area (TPSA) is 46.5 Å². The van der Waals surface area contributed by atoms with Gasteiger partial charge in [0.15, 0.2) is 0 Å². The molecule has 0 saturated heterocycles. The van der Waals surface area contributed by atoms with Gasteiger partial charge in [0, 0.05) is 21.7 Å². The fraction of sp³-hybridized carbons (Fsp3) is 0.400. The average Bonchev–Trinajstić information content (AvgIpc) is 2.20. The average molecular weight is 260 g/mol. The minimum atomic E-state index is -0.418. The summed E-state index contributed by atoms with van der Waals surface area (Å²) in [5.74, 6) is 0.536. The van der Waals surface area contributed by atoms with E-state index in [2.05, 4.69) is 0 Å². The molecule has 0 radical (unpaired) electrons. The van der Waals surface area contributed by atoms with Gasteiger partial charge in [0.1, 0.15) is 5.75 Å². The number of aliphatic hydroxyl groups is 1. The third kappa shape index (κ3) is 4.90. The van der Waals surface area contributed by atoms with Gasteiger partial charge in [-0.1, -0.05) is 25.5 Å². The molecule has 0 aromatic heterocycles. The third-order valence-electron chi connectivity index (χ3n) is 1.97. The Labute approximate surface area is 106 Å². The van der Waals surface area contributed by atoms with Gasteiger partial charge in [-0.25, -0.2) is 4.57 Å². The van der Waals surface area contributed by atoms with Crippen LogP contribution in [0.3, 0.4) is 0 Å². The normalized spacial score (nSPS) is 11.9. The van der Waals surface area contributed by atoms with Crippen molar-refractivity contribution in [2.75, 3.05) is 0 Å². The van der Waals surface area contributed by atoms with Gasteiger partial charge in [-0.05, 0) is 24.1 Å². The molecule has 0 bridgehead atoms. The molecule has 0 saturated carbocycles. The van der Waals surface area contributed by atoms with Gasteiger partial charge in [-0.2, -0.15) is 0 Å². The van der Waals surface area contributed by atoms with Gasteiger partial charge < -0.3 is 9.63 Å². The van der Waals surface area contributed by atoms with Gasteiger partial charge in [0.2, 0.25) is 0 Å². The first-order chi connectivity index (χ1) is 6.77. The Morgan fingerprint density at radius 2 is 2.00 bits per heavy atom. The van der Waals surface area contributed by atoms with E-state index in [9.17, 15) is 9.67 Å². The summed E-state index contributed by atoms with van der Waals surface area (Å²) in [6, 6.07) is 6.94. The van der Waals surface area contributed by atoms with Crippen molar-refractivity contribution in [1.82, 2.24) is 0 Å². The van der Waals surface area contributed by atoms with E-state index in [0.29, 0.717) is 5.75 Å². The second-order valence-electron chi connectivity index (χ2n) is 3.04. The largest absolute Gasteiger partial charge is 0.408 e. The van der Waals surface area contributed by atoms with Crippen LogP contribution >= 0.6 is 8.69 Å². The van der Waals surface area contributed by atoms with Gasteiger partial charge in [-0.15, -0.1) is 0 Å². The van der Waals surface area contributed by atoms with Crippen LogP contribution in [0.4, 0.5) is 0 Å². The van der Waals surface area contributed by atoms with Crippen molar-refractivity contribution >= 4 is 8.69 Å². The fourth-order valence-electron chi connectivity index (χ4n) is 1.23. The monoisotopic (exact) mass is 260 g/mol. The van der Waals surface area contributed by atoms with E-state index in [4.69, 9.17) is 4.52 Å². The molecule has 0 aliphatic rings. The molecule has 0 amide bonds. The maximum atomic E-state index is 10.1. The molecule has 1 unspecified atom stereocenters. The Morgan fingerprint density at radius 1 is 1.40 bits per heavy atom. The first kappa shape index (κ1) is 14.8. The van der Waals surface area contributed by atoms with Gasteiger partial charge in [-0.3, -0.25) is 0 Å². The zero-order valence-corrected chi connectivity index (χ0v) is 11.0. The smallest absolute Gasteiger partial charge is 0.395 e. The summed E-state index contributed by atoms with van der Waals surface area (Å²) in [5.41, 5.74) is 0.863. The fourth-order valence-corrected chi connectivity index (χ4v) is 1.44. The van der Waals surface area contributed by atoms with Crippen molar-refractivity contribution < 1.29 is 35.9 Å². The minimum Gasteiger partial charge on any atom is -0.408 e. The van der Waals surface area contributed by atoms with Crippen molar-refractivity contribution in [2.45, 2.75) is 25.9 Å². The summed E-state index contributed by atoms with van der Waals surface area (Å²) in [7, 11) is -0.359. The molecule has 5 heteroatoms. The van der Waals surface area contributed by atoms with Gasteiger partial charge in [0.25, 0.3) is 0 Å². The summed E-state index contributed by atoms with van der Waals surface area (Å²) in [6.07, 6.45) is 1.28. The molecule has 1 aromatic rings. The maximum Gasteiger partial charge on any atom is 0.395 e. The molecular formula is C10H13O3PTi. The molecule has 0 aliphatic carbocycles. The molecule has 0 spiro atoms. The van der Waals surface area contributed by atoms with Crippen molar-refractivity contribution in [3.05, 3.63) is 29.8 Å². The molecule has 80 valence electrons. The molecule has 0 aliphatic heterocycles. The van der Waals surface area contributed by atoms with E-state index in [1.165, 1.54) is 0 Å². The Balaban J connectivity index is 0.00000196. The zero-order valence-electron chi connectivity index (χ0n) is 8.51. The number of rotatable bonds is 5. The van der Waals surface area contributed by atoms with Crippen LogP contribution in [0.2, 0.25) is 0 Å². The first-order valence-electron chi connectivity index (χ1n) is 4.55. The van der Waals surface area contributed by atoms with Gasteiger partial charge in [0.05, 0.1) is 6.10 Å². The summed E-state index contributed by atoms with van der Waals surface area (Å²) >= 11 is 0. The molecular weight excluding hydrogens is 247 g/mol. The van der Waals surface area contributed by atoms with Crippen LogP contribution in [0.15, 0.2) is 24.3 Å². The van der Waals surface area contributed by atoms with E-state index < -0.39 is 6.10 Å². The Hall–Kier alpha value is -0.206. The summed E-state index contributed by atoms with van der Waals surface area (Å²) in [4.78, 5) is 0. The quantitative estimate of drug-likeness (QED) is 0.653. The molecule has 1 aromatic carbocycles. The second kappa shape index (κ2) is 8.01. The zero-order chi connectivity index (χ0) is 10.4. The first-order valence-corrected chi connectivity index (χ1v) is 5.28. The number of hydrogen-bond donors (Lipinski definition) is 1. The standard InChI is InChI=1S/C10H13O3P.Ti/c1-2-3-10(11)8-4-6-9(7-5-8)13-14-12;/h4-7,10-11H,2-3H2,1H3;. The maximum absolute atomic E-state index is 10.1. The van der Waals surface area contributed by atoms with Crippen molar-refractivity contribution in [3.63, 3.8) is 0 Å². The molecule has 0 fully saturated rings. The van der Waals surface area contributed by atoms with E-state index in [0.717, 1.165) is 18.4 Å². The van der Waals surface area contributed by atoms with Crippen molar-refractivity contribution in [3.8, 4) is 5.75 Å². The minimum absolute atomic E-state index is 0. The van der Waals surface area contributed by atoms with Crippen LogP contribution in [-0.4, -0.2) is 5.11 Å². The Bertz CT molecular complexity index is 289. The van der Waals surface area contributed by atoms with E-state index in [-0.39, 0.29) is 30.4 Å². The van der Waals surface area contributed by atoms with E-state index >= 15 is 0 Å². The Morgan fingerprint density at radius 3 is 2.47 bits per heavy atom.